The molecule has 6 nitrogen and oxygen atoms in total. The molecule has 0 saturated heterocycles. The van der Waals surface area contributed by atoms with Gasteiger partial charge >= 0.3 is 5.97 Å². The van der Waals surface area contributed by atoms with Gasteiger partial charge in [-0.15, -0.1) is 0 Å². The third kappa shape index (κ3) is 12.5. The Bertz CT molecular complexity index is 1020. The number of carboxylic acids is 1. The molecule has 0 atom stereocenters. The fourth-order valence-corrected chi connectivity index (χ4v) is 4.69. The van der Waals surface area contributed by atoms with Crippen LogP contribution in [-0.2, 0) is 21.2 Å². The van der Waals surface area contributed by atoms with Crippen molar-refractivity contribution < 1.29 is 27.4 Å². The van der Waals surface area contributed by atoms with Gasteiger partial charge in [0.15, 0.2) is 0 Å². The standard InChI is InChI=1S/C28H40FNO5S/c29-27-21-18-25(35-24-16-19-26(20-17-24)36(30,33)34)22-23(27)14-12-10-8-6-4-2-1-3-5-7-9-11-13-15-28(31)32/h16-22H,1-15H2,(H,31,32)(H2,30,33,34). The van der Waals surface area contributed by atoms with E-state index in [1.54, 1.807) is 12.1 Å². The van der Waals surface area contributed by atoms with E-state index in [0.717, 1.165) is 38.5 Å². The molecule has 2 rings (SSSR count). The molecule has 36 heavy (non-hydrogen) atoms. The van der Waals surface area contributed by atoms with Crippen molar-refractivity contribution in [1.29, 1.82) is 0 Å². The molecule has 0 amide bonds. The average Bonchev–Trinajstić information content (AvgIpc) is 2.83. The van der Waals surface area contributed by atoms with Crippen LogP contribution in [0.5, 0.6) is 11.5 Å². The van der Waals surface area contributed by atoms with Gasteiger partial charge in [-0.1, -0.05) is 70.6 Å². The minimum absolute atomic E-state index is 0.0105. The van der Waals surface area contributed by atoms with Crippen LogP contribution < -0.4 is 9.88 Å². The molecule has 0 radical (unpaired) electrons. The molecular formula is C28H40FNO5S. The van der Waals surface area contributed by atoms with Crippen molar-refractivity contribution in [1.82, 2.24) is 0 Å². The van der Waals surface area contributed by atoms with Gasteiger partial charge in [-0.3, -0.25) is 4.79 Å². The van der Waals surface area contributed by atoms with Gasteiger partial charge in [-0.2, -0.15) is 0 Å². The normalized spacial score (nSPS) is 11.5. The zero-order chi connectivity index (χ0) is 26.2. The third-order valence-electron chi connectivity index (χ3n) is 6.24. The summed E-state index contributed by atoms with van der Waals surface area (Å²) in [5.41, 5.74) is 0.622. The SMILES string of the molecule is NS(=O)(=O)c1ccc(Oc2ccc(F)c(CCCCCCCCCCCCCCCC(=O)O)c2)cc1. The van der Waals surface area contributed by atoms with E-state index in [0.29, 0.717) is 23.5 Å². The first-order valence-electron chi connectivity index (χ1n) is 13.1. The van der Waals surface area contributed by atoms with Crippen molar-refractivity contribution in [3.05, 3.63) is 53.8 Å². The minimum Gasteiger partial charge on any atom is -0.481 e. The van der Waals surface area contributed by atoms with Crippen molar-refractivity contribution in [2.75, 3.05) is 0 Å². The molecule has 0 aliphatic rings. The zero-order valence-electron chi connectivity index (χ0n) is 21.1. The summed E-state index contributed by atoms with van der Waals surface area (Å²) in [7, 11) is -3.75. The number of halogens is 1. The quantitative estimate of drug-likeness (QED) is 0.188. The summed E-state index contributed by atoms with van der Waals surface area (Å²) in [4.78, 5) is 10.5. The van der Waals surface area contributed by atoms with Crippen LogP contribution in [0.25, 0.3) is 0 Å². The summed E-state index contributed by atoms with van der Waals surface area (Å²) in [6, 6.07) is 10.5. The number of rotatable bonds is 19. The molecule has 0 fully saturated rings. The van der Waals surface area contributed by atoms with Gasteiger partial charge in [0, 0.05) is 6.42 Å². The summed E-state index contributed by atoms with van der Waals surface area (Å²) in [6.45, 7) is 0. The second-order valence-electron chi connectivity index (χ2n) is 9.36. The molecule has 0 aliphatic carbocycles. The second-order valence-corrected chi connectivity index (χ2v) is 10.9. The second kappa shape index (κ2) is 16.3. The van der Waals surface area contributed by atoms with E-state index in [9.17, 15) is 17.6 Å². The summed E-state index contributed by atoms with van der Waals surface area (Å²) in [6.07, 6.45) is 15.7. The van der Waals surface area contributed by atoms with Crippen LogP contribution in [0.1, 0.15) is 95.5 Å². The van der Waals surface area contributed by atoms with E-state index < -0.39 is 16.0 Å². The lowest BCUT2D eigenvalue weighted by Crippen LogP contribution is -2.11. The molecule has 200 valence electrons. The number of benzene rings is 2. The summed E-state index contributed by atoms with van der Waals surface area (Å²) >= 11 is 0. The van der Waals surface area contributed by atoms with E-state index in [-0.39, 0.29) is 17.1 Å². The monoisotopic (exact) mass is 521 g/mol. The Morgan fingerprint density at radius 3 is 1.72 bits per heavy atom. The number of primary sulfonamides is 1. The van der Waals surface area contributed by atoms with Crippen LogP contribution in [0.15, 0.2) is 47.4 Å². The molecule has 8 heteroatoms. The lowest BCUT2D eigenvalue weighted by molar-refractivity contribution is -0.137. The Morgan fingerprint density at radius 1 is 0.750 bits per heavy atom. The van der Waals surface area contributed by atoms with E-state index in [4.69, 9.17) is 15.0 Å². The van der Waals surface area contributed by atoms with Crippen LogP contribution in [0.3, 0.4) is 0 Å². The number of nitrogens with two attached hydrogens (primary N) is 1. The van der Waals surface area contributed by atoms with Gasteiger partial charge < -0.3 is 9.84 Å². The molecule has 0 heterocycles. The van der Waals surface area contributed by atoms with Gasteiger partial charge in [-0.25, -0.2) is 17.9 Å². The first kappa shape index (κ1) is 29.8. The fraction of sp³-hybridized carbons (Fsp3) is 0.536. The Kier molecular flexibility index (Phi) is 13.5. The third-order valence-corrected chi connectivity index (χ3v) is 7.17. The summed E-state index contributed by atoms with van der Waals surface area (Å²) in [5, 5.41) is 13.7. The van der Waals surface area contributed by atoms with E-state index in [1.165, 1.54) is 75.3 Å². The molecule has 0 unspecified atom stereocenters. The number of hydrogen-bond acceptors (Lipinski definition) is 4. The smallest absolute Gasteiger partial charge is 0.303 e. The van der Waals surface area contributed by atoms with Gasteiger partial charge in [0.05, 0.1) is 4.90 Å². The number of carbonyl (C=O) groups is 1. The topological polar surface area (TPSA) is 107 Å². The minimum atomic E-state index is -3.75. The van der Waals surface area contributed by atoms with Crippen LogP contribution in [-0.4, -0.2) is 19.5 Å². The Morgan fingerprint density at radius 2 is 1.22 bits per heavy atom. The van der Waals surface area contributed by atoms with Crippen molar-refractivity contribution in [3.8, 4) is 11.5 Å². The van der Waals surface area contributed by atoms with Gasteiger partial charge in [-0.05, 0) is 67.3 Å². The molecule has 0 bridgehead atoms. The fourth-order valence-electron chi connectivity index (χ4n) is 4.18. The van der Waals surface area contributed by atoms with Gasteiger partial charge in [0.25, 0.3) is 0 Å². The molecule has 0 aliphatic heterocycles. The average molecular weight is 522 g/mol. The number of ether oxygens (including phenoxy) is 1. The van der Waals surface area contributed by atoms with Crippen molar-refractivity contribution in [2.45, 2.75) is 101 Å². The molecule has 3 N–H and O–H groups in total. The number of carboxylic acid groups (broad SMARTS) is 1. The predicted molar refractivity (Wildman–Crippen MR) is 140 cm³/mol. The molecule has 0 spiro atoms. The van der Waals surface area contributed by atoms with Crippen molar-refractivity contribution in [3.63, 3.8) is 0 Å². The largest absolute Gasteiger partial charge is 0.481 e. The van der Waals surface area contributed by atoms with Crippen LogP contribution >= 0.6 is 0 Å². The predicted octanol–water partition coefficient (Wildman–Crippen LogP) is 7.35. The summed E-state index contributed by atoms with van der Waals surface area (Å²) < 4.78 is 42.7. The van der Waals surface area contributed by atoms with E-state index >= 15 is 0 Å². The highest BCUT2D eigenvalue weighted by Gasteiger charge is 2.09. The maximum absolute atomic E-state index is 14.2. The molecular weight excluding hydrogens is 481 g/mol. The number of aliphatic carboxylic acids is 1. The van der Waals surface area contributed by atoms with Gasteiger partial charge in [0.1, 0.15) is 17.3 Å². The van der Waals surface area contributed by atoms with Crippen molar-refractivity contribution in [2.24, 2.45) is 5.14 Å². The lowest BCUT2D eigenvalue weighted by atomic mass is 10.0. The van der Waals surface area contributed by atoms with Crippen molar-refractivity contribution >= 4 is 16.0 Å². The van der Waals surface area contributed by atoms with E-state index in [1.807, 2.05) is 0 Å². The summed E-state index contributed by atoms with van der Waals surface area (Å²) in [5.74, 6) is 0.0236. The van der Waals surface area contributed by atoms with Crippen LogP contribution in [0.4, 0.5) is 4.39 Å². The highest BCUT2D eigenvalue weighted by Crippen LogP contribution is 2.26. The Hall–Kier alpha value is -2.45. The maximum Gasteiger partial charge on any atom is 0.303 e. The zero-order valence-corrected chi connectivity index (χ0v) is 21.9. The maximum atomic E-state index is 14.2. The number of unbranched alkanes of at least 4 members (excludes halogenated alkanes) is 12. The van der Waals surface area contributed by atoms with Gasteiger partial charge in [0.2, 0.25) is 10.0 Å². The molecule has 2 aromatic carbocycles. The number of hydrogen-bond donors (Lipinski definition) is 2. The Balaban J connectivity index is 1.55. The van der Waals surface area contributed by atoms with E-state index in [2.05, 4.69) is 0 Å². The van der Waals surface area contributed by atoms with Crippen LogP contribution in [0.2, 0.25) is 0 Å². The molecule has 0 aromatic heterocycles. The molecule has 0 saturated carbocycles. The van der Waals surface area contributed by atoms with Crippen LogP contribution in [0, 0.1) is 5.82 Å². The highest BCUT2D eigenvalue weighted by atomic mass is 32.2. The highest BCUT2D eigenvalue weighted by molar-refractivity contribution is 7.89. The number of sulfonamides is 1. The first-order valence-corrected chi connectivity index (χ1v) is 14.6. The first-order chi connectivity index (χ1) is 17.3. The number of aryl methyl sites for hydroxylation is 1. The molecule has 2 aromatic rings. The lowest BCUT2D eigenvalue weighted by Gasteiger charge is -2.09. The Labute approximate surface area is 215 Å².